The smallest absolute Gasteiger partial charge is 0.126 e. The van der Waals surface area contributed by atoms with Gasteiger partial charge in [0.05, 0.1) is 11.2 Å². The van der Waals surface area contributed by atoms with Crippen LogP contribution in [0.3, 0.4) is 0 Å². The van der Waals surface area contributed by atoms with Crippen LogP contribution in [0.1, 0.15) is 54.1 Å². The lowest BCUT2D eigenvalue weighted by atomic mass is 9.95. The summed E-state index contributed by atoms with van der Waals surface area (Å²) in [6.07, 6.45) is 5.36. The number of aromatic nitrogens is 2. The fourth-order valence-electron chi connectivity index (χ4n) is 4.11. The molecule has 1 fully saturated rings. The van der Waals surface area contributed by atoms with E-state index in [1.54, 1.807) is 0 Å². The summed E-state index contributed by atoms with van der Waals surface area (Å²) in [5.41, 5.74) is 7.33. The molecule has 1 aromatic heterocycles. The zero-order valence-electron chi connectivity index (χ0n) is 14.8. The number of hydrogen-bond donors (Lipinski definition) is 0. The third-order valence-corrected chi connectivity index (χ3v) is 5.15. The van der Waals surface area contributed by atoms with Crippen LogP contribution in [-0.2, 0) is 0 Å². The van der Waals surface area contributed by atoms with Gasteiger partial charge in [0.15, 0.2) is 0 Å². The van der Waals surface area contributed by atoms with Crippen molar-refractivity contribution in [2.24, 2.45) is 0 Å². The third kappa shape index (κ3) is 2.82. The normalized spacial score (nSPS) is 15.3. The van der Waals surface area contributed by atoms with Crippen molar-refractivity contribution in [1.82, 2.24) is 9.97 Å². The third-order valence-electron chi connectivity index (χ3n) is 5.15. The minimum Gasteiger partial charge on any atom is -0.233 e. The van der Waals surface area contributed by atoms with E-state index in [0.29, 0.717) is 5.92 Å². The molecule has 1 aliphatic rings. The Bertz CT molecular complexity index is 885. The number of nitrogens with zero attached hydrogens (tertiary/aromatic N) is 2. The van der Waals surface area contributed by atoms with Gasteiger partial charge in [-0.3, -0.25) is 0 Å². The fourth-order valence-corrected chi connectivity index (χ4v) is 4.11. The van der Waals surface area contributed by atoms with Crippen LogP contribution < -0.4 is 0 Å². The summed E-state index contributed by atoms with van der Waals surface area (Å²) in [5, 5.41) is 1.16. The molecule has 24 heavy (non-hydrogen) atoms. The van der Waals surface area contributed by atoms with E-state index >= 15 is 0 Å². The van der Waals surface area contributed by atoms with E-state index in [4.69, 9.17) is 9.97 Å². The van der Waals surface area contributed by atoms with Crippen LogP contribution in [0, 0.1) is 20.8 Å². The Balaban J connectivity index is 1.89. The quantitative estimate of drug-likeness (QED) is 0.590. The van der Waals surface area contributed by atoms with Crippen LogP contribution in [0.25, 0.3) is 22.2 Å². The van der Waals surface area contributed by atoms with Crippen molar-refractivity contribution < 1.29 is 0 Å². The van der Waals surface area contributed by atoms with Gasteiger partial charge >= 0.3 is 0 Å². The lowest BCUT2D eigenvalue weighted by molar-refractivity contribution is 0.724. The summed E-state index contributed by atoms with van der Waals surface area (Å²) in [7, 11) is 0. The van der Waals surface area contributed by atoms with Crippen LogP contribution in [0.2, 0.25) is 0 Å². The van der Waals surface area contributed by atoms with Gasteiger partial charge in [-0.15, -0.1) is 0 Å². The van der Waals surface area contributed by atoms with Gasteiger partial charge in [-0.1, -0.05) is 42.2 Å². The molecular weight excluding hydrogens is 292 g/mol. The zero-order valence-corrected chi connectivity index (χ0v) is 14.8. The predicted octanol–water partition coefficient (Wildman–Crippen LogP) is 5.88. The number of aryl methyl sites for hydroxylation is 3. The van der Waals surface area contributed by atoms with Gasteiger partial charge in [-0.05, 0) is 63.3 Å². The van der Waals surface area contributed by atoms with E-state index in [2.05, 4.69) is 50.2 Å². The molecular formula is C22H24N2. The van der Waals surface area contributed by atoms with Crippen LogP contribution in [0.15, 0.2) is 36.4 Å². The van der Waals surface area contributed by atoms with Crippen molar-refractivity contribution in [2.45, 2.75) is 52.4 Å². The minimum absolute atomic E-state index is 0.717. The first-order valence-electron chi connectivity index (χ1n) is 8.97. The van der Waals surface area contributed by atoms with Gasteiger partial charge in [0.2, 0.25) is 0 Å². The topological polar surface area (TPSA) is 25.8 Å². The van der Waals surface area contributed by atoms with Crippen LogP contribution >= 0.6 is 0 Å². The summed E-state index contributed by atoms with van der Waals surface area (Å²) in [6, 6.07) is 13.5. The molecule has 0 atom stereocenters. The molecule has 2 aromatic carbocycles. The highest BCUT2D eigenvalue weighted by atomic mass is 14.9. The maximum absolute atomic E-state index is 4.77. The van der Waals surface area contributed by atoms with Gasteiger partial charge < -0.3 is 0 Å². The summed E-state index contributed by atoms with van der Waals surface area (Å²) in [4.78, 5) is 9.50. The molecule has 0 aliphatic heterocycles. The number of rotatable bonds is 2. The van der Waals surface area contributed by atoms with Crippen LogP contribution in [0.5, 0.6) is 0 Å². The maximum Gasteiger partial charge on any atom is 0.126 e. The lowest BCUT2D eigenvalue weighted by Crippen LogP contribution is -1.98. The van der Waals surface area contributed by atoms with E-state index in [9.17, 15) is 0 Å². The van der Waals surface area contributed by atoms with Crippen molar-refractivity contribution in [3.05, 3.63) is 58.9 Å². The Kier molecular flexibility index (Phi) is 3.84. The molecule has 3 aromatic rings. The Morgan fingerprint density at radius 1 is 0.833 bits per heavy atom. The Labute approximate surface area is 144 Å². The molecule has 2 heteroatoms. The van der Waals surface area contributed by atoms with Crippen molar-refractivity contribution in [3.63, 3.8) is 0 Å². The lowest BCUT2D eigenvalue weighted by Gasteiger charge is -2.13. The molecule has 0 spiro atoms. The summed E-state index contributed by atoms with van der Waals surface area (Å²) < 4.78 is 0. The predicted molar refractivity (Wildman–Crippen MR) is 100 cm³/mol. The molecule has 2 nitrogen and oxygen atoms in total. The molecule has 0 amide bonds. The van der Waals surface area contributed by atoms with E-state index in [1.165, 1.54) is 47.9 Å². The van der Waals surface area contributed by atoms with Crippen molar-refractivity contribution in [2.75, 3.05) is 0 Å². The first-order chi connectivity index (χ1) is 11.6. The van der Waals surface area contributed by atoms with Crippen LogP contribution in [0.4, 0.5) is 0 Å². The minimum atomic E-state index is 0.717. The maximum atomic E-state index is 4.77. The van der Waals surface area contributed by atoms with Gasteiger partial charge in [0.1, 0.15) is 5.82 Å². The standard InChI is InChI=1S/C22H24N2/c1-14-10-15(2)12-19(11-14)22-20-9-8-18(17-6-4-5-7-17)13-21(20)23-16(3)24-22/h8-13,17H,4-7H2,1-3H3. The van der Waals surface area contributed by atoms with Gasteiger partial charge in [0, 0.05) is 10.9 Å². The average molecular weight is 316 g/mol. The van der Waals surface area contributed by atoms with Gasteiger partial charge in [0.25, 0.3) is 0 Å². The average Bonchev–Trinajstić information content (AvgIpc) is 3.07. The van der Waals surface area contributed by atoms with E-state index in [-0.39, 0.29) is 0 Å². The second-order valence-corrected chi connectivity index (χ2v) is 7.25. The van der Waals surface area contributed by atoms with Gasteiger partial charge in [-0.2, -0.15) is 0 Å². The first-order valence-corrected chi connectivity index (χ1v) is 8.97. The molecule has 122 valence electrons. The highest BCUT2D eigenvalue weighted by Crippen LogP contribution is 2.36. The highest BCUT2D eigenvalue weighted by molar-refractivity contribution is 5.93. The number of fused-ring (bicyclic) bond motifs is 1. The fraction of sp³-hybridized carbons (Fsp3) is 0.364. The van der Waals surface area contributed by atoms with Crippen LogP contribution in [-0.4, -0.2) is 9.97 Å². The largest absolute Gasteiger partial charge is 0.233 e. The summed E-state index contributed by atoms with van der Waals surface area (Å²) in [6.45, 7) is 6.28. The Hall–Kier alpha value is -2.22. The van der Waals surface area contributed by atoms with E-state index in [0.717, 1.165) is 22.4 Å². The highest BCUT2D eigenvalue weighted by Gasteiger charge is 2.18. The molecule has 4 rings (SSSR count). The Morgan fingerprint density at radius 2 is 1.54 bits per heavy atom. The molecule has 1 heterocycles. The molecule has 1 aliphatic carbocycles. The van der Waals surface area contributed by atoms with Crippen molar-refractivity contribution in [1.29, 1.82) is 0 Å². The van der Waals surface area contributed by atoms with E-state index < -0.39 is 0 Å². The summed E-state index contributed by atoms with van der Waals surface area (Å²) in [5.74, 6) is 1.56. The molecule has 1 saturated carbocycles. The summed E-state index contributed by atoms with van der Waals surface area (Å²) >= 11 is 0. The van der Waals surface area contributed by atoms with E-state index in [1.807, 2.05) is 6.92 Å². The molecule has 0 bridgehead atoms. The van der Waals surface area contributed by atoms with Crippen molar-refractivity contribution >= 4 is 10.9 Å². The molecule has 0 saturated heterocycles. The second kappa shape index (κ2) is 6.01. The van der Waals surface area contributed by atoms with Gasteiger partial charge in [-0.25, -0.2) is 9.97 Å². The number of benzene rings is 2. The zero-order chi connectivity index (χ0) is 16.7. The second-order valence-electron chi connectivity index (χ2n) is 7.25. The molecule has 0 unspecified atom stereocenters. The Morgan fingerprint density at radius 3 is 2.25 bits per heavy atom. The molecule has 0 radical (unpaired) electrons. The first kappa shape index (κ1) is 15.3. The SMILES string of the molecule is Cc1cc(C)cc(-c2nc(C)nc3cc(C4CCCC4)ccc23)c1. The molecule has 0 N–H and O–H groups in total. The number of hydrogen-bond acceptors (Lipinski definition) is 2. The van der Waals surface area contributed by atoms with Crippen molar-refractivity contribution in [3.8, 4) is 11.3 Å². The monoisotopic (exact) mass is 316 g/mol.